The minimum atomic E-state index is 0.626. The third-order valence-electron chi connectivity index (χ3n) is 5.28. The Morgan fingerprint density at radius 1 is 0.821 bits per heavy atom. The molecule has 0 atom stereocenters. The molecule has 0 unspecified atom stereocenters. The predicted octanol–water partition coefficient (Wildman–Crippen LogP) is 5.52. The van der Waals surface area contributed by atoms with Crippen molar-refractivity contribution in [1.29, 1.82) is 0 Å². The van der Waals surface area contributed by atoms with Gasteiger partial charge in [-0.15, -0.1) is 0 Å². The molecule has 28 heavy (non-hydrogen) atoms. The smallest absolute Gasteiger partial charge is 0.119 e. The Morgan fingerprint density at radius 2 is 1.61 bits per heavy atom. The molecule has 1 heterocycles. The van der Waals surface area contributed by atoms with Crippen LogP contribution >= 0.6 is 0 Å². The lowest BCUT2D eigenvalue weighted by molar-refractivity contribution is 0.298. The van der Waals surface area contributed by atoms with Crippen molar-refractivity contribution in [2.75, 3.05) is 6.61 Å². The van der Waals surface area contributed by atoms with E-state index in [2.05, 4.69) is 79.1 Å². The number of aromatic nitrogens is 2. The number of ether oxygens (including phenoxy) is 1. The van der Waals surface area contributed by atoms with Crippen molar-refractivity contribution < 1.29 is 4.74 Å². The second-order valence-electron chi connectivity index (χ2n) is 7.25. The molecule has 0 aliphatic heterocycles. The summed E-state index contributed by atoms with van der Waals surface area (Å²) in [7, 11) is 0. The standard InChI is InChI=1S/C25H26N2O/c1-19-12-14-22(18-20(19)2)28-17-16-27-24-11-7-6-10-23(24)26-25(27)15-13-21-8-4-3-5-9-21/h3-12,14,18H,13,15-17H2,1-2H3. The van der Waals surface area contributed by atoms with Crippen molar-refractivity contribution in [3.63, 3.8) is 0 Å². The molecule has 4 rings (SSSR count). The fraction of sp³-hybridized carbons (Fsp3) is 0.240. The van der Waals surface area contributed by atoms with Gasteiger partial charge in [-0.25, -0.2) is 4.98 Å². The maximum Gasteiger partial charge on any atom is 0.119 e. The summed E-state index contributed by atoms with van der Waals surface area (Å²) in [4.78, 5) is 4.89. The van der Waals surface area contributed by atoms with Crippen LogP contribution in [0.5, 0.6) is 5.75 Å². The van der Waals surface area contributed by atoms with Gasteiger partial charge in [0, 0.05) is 6.42 Å². The van der Waals surface area contributed by atoms with Crippen molar-refractivity contribution >= 4 is 11.0 Å². The first-order valence-electron chi connectivity index (χ1n) is 9.89. The highest BCUT2D eigenvalue weighted by atomic mass is 16.5. The maximum absolute atomic E-state index is 6.03. The van der Waals surface area contributed by atoms with Crippen molar-refractivity contribution in [3.8, 4) is 5.75 Å². The molecule has 3 nitrogen and oxygen atoms in total. The van der Waals surface area contributed by atoms with E-state index in [4.69, 9.17) is 9.72 Å². The monoisotopic (exact) mass is 370 g/mol. The minimum Gasteiger partial charge on any atom is -0.492 e. The van der Waals surface area contributed by atoms with E-state index >= 15 is 0 Å². The average molecular weight is 370 g/mol. The number of imidazole rings is 1. The van der Waals surface area contributed by atoms with Gasteiger partial charge in [0.25, 0.3) is 0 Å². The number of hydrogen-bond donors (Lipinski definition) is 0. The molecule has 0 amide bonds. The van der Waals surface area contributed by atoms with Gasteiger partial charge >= 0.3 is 0 Å². The Hall–Kier alpha value is -3.07. The van der Waals surface area contributed by atoms with Crippen molar-refractivity contribution in [2.45, 2.75) is 33.2 Å². The van der Waals surface area contributed by atoms with E-state index in [0.29, 0.717) is 6.61 Å². The van der Waals surface area contributed by atoms with Crippen molar-refractivity contribution in [1.82, 2.24) is 9.55 Å². The second-order valence-corrected chi connectivity index (χ2v) is 7.25. The van der Waals surface area contributed by atoms with Crippen LogP contribution in [0, 0.1) is 13.8 Å². The Balaban J connectivity index is 1.50. The number of nitrogens with zero attached hydrogens (tertiary/aromatic N) is 2. The molecule has 0 radical (unpaired) electrons. The van der Waals surface area contributed by atoms with Crippen molar-refractivity contribution in [3.05, 3.63) is 95.3 Å². The van der Waals surface area contributed by atoms with Crippen LogP contribution in [0.15, 0.2) is 72.8 Å². The molecule has 4 aromatic rings. The molecule has 0 aliphatic carbocycles. The Bertz CT molecular complexity index is 1070. The first-order valence-corrected chi connectivity index (χ1v) is 9.89. The van der Waals surface area contributed by atoms with Gasteiger partial charge in [0.05, 0.1) is 17.6 Å². The third kappa shape index (κ3) is 4.09. The zero-order valence-corrected chi connectivity index (χ0v) is 16.6. The molecule has 0 saturated carbocycles. The van der Waals surface area contributed by atoms with E-state index in [1.54, 1.807) is 0 Å². The number of para-hydroxylation sites is 2. The highest BCUT2D eigenvalue weighted by Gasteiger charge is 2.11. The maximum atomic E-state index is 6.03. The van der Waals surface area contributed by atoms with E-state index in [0.717, 1.165) is 36.5 Å². The third-order valence-corrected chi connectivity index (χ3v) is 5.28. The lowest BCUT2D eigenvalue weighted by Gasteiger charge is -2.12. The van der Waals surface area contributed by atoms with Crippen LogP contribution in [0.3, 0.4) is 0 Å². The van der Waals surface area contributed by atoms with Crippen LogP contribution in [-0.2, 0) is 19.4 Å². The molecule has 0 spiro atoms. The summed E-state index contributed by atoms with van der Waals surface area (Å²) < 4.78 is 8.34. The highest BCUT2D eigenvalue weighted by molar-refractivity contribution is 5.75. The van der Waals surface area contributed by atoms with E-state index in [-0.39, 0.29) is 0 Å². The van der Waals surface area contributed by atoms with Gasteiger partial charge in [0.2, 0.25) is 0 Å². The Morgan fingerprint density at radius 3 is 2.43 bits per heavy atom. The summed E-state index contributed by atoms with van der Waals surface area (Å²) in [5, 5.41) is 0. The van der Waals surface area contributed by atoms with Crippen LogP contribution in [0.25, 0.3) is 11.0 Å². The molecule has 0 N–H and O–H groups in total. The van der Waals surface area contributed by atoms with E-state index in [1.165, 1.54) is 22.2 Å². The number of hydrogen-bond acceptors (Lipinski definition) is 2. The Labute approximate surface area is 166 Å². The molecule has 0 bridgehead atoms. The summed E-state index contributed by atoms with van der Waals surface area (Å²) in [6.45, 7) is 5.65. The number of fused-ring (bicyclic) bond motifs is 1. The number of rotatable bonds is 7. The number of benzene rings is 3. The van der Waals surface area contributed by atoms with Crippen molar-refractivity contribution in [2.24, 2.45) is 0 Å². The summed E-state index contributed by atoms with van der Waals surface area (Å²) in [5.41, 5.74) is 6.11. The van der Waals surface area contributed by atoms with Crippen LogP contribution in [0.2, 0.25) is 0 Å². The molecule has 1 aromatic heterocycles. The molecule has 3 heteroatoms. The van der Waals surface area contributed by atoms with Crippen LogP contribution in [0.4, 0.5) is 0 Å². The van der Waals surface area contributed by atoms with Gasteiger partial charge in [0.15, 0.2) is 0 Å². The zero-order valence-electron chi connectivity index (χ0n) is 16.6. The van der Waals surface area contributed by atoms with Crippen LogP contribution in [-0.4, -0.2) is 16.2 Å². The van der Waals surface area contributed by atoms with Gasteiger partial charge in [-0.05, 0) is 61.2 Å². The fourth-order valence-corrected chi connectivity index (χ4v) is 3.53. The largest absolute Gasteiger partial charge is 0.492 e. The predicted molar refractivity (Wildman–Crippen MR) is 115 cm³/mol. The molecular weight excluding hydrogens is 344 g/mol. The lowest BCUT2D eigenvalue weighted by atomic mass is 10.1. The molecular formula is C25H26N2O. The molecule has 3 aromatic carbocycles. The van der Waals surface area contributed by atoms with Gasteiger partial charge < -0.3 is 9.30 Å². The van der Waals surface area contributed by atoms with E-state index in [1.807, 2.05) is 12.1 Å². The molecule has 0 saturated heterocycles. The molecule has 0 aliphatic rings. The zero-order chi connectivity index (χ0) is 19.3. The summed E-state index contributed by atoms with van der Waals surface area (Å²) in [5.74, 6) is 2.05. The topological polar surface area (TPSA) is 27.1 Å². The molecule has 142 valence electrons. The van der Waals surface area contributed by atoms with Gasteiger partial charge in [-0.2, -0.15) is 0 Å². The molecule has 0 fully saturated rings. The minimum absolute atomic E-state index is 0.626. The SMILES string of the molecule is Cc1ccc(OCCn2c(CCc3ccccc3)nc3ccccc32)cc1C. The average Bonchev–Trinajstić information content (AvgIpc) is 3.07. The lowest BCUT2D eigenvalue weighted by Crippen LogP contribution is -2.12. The van der Waals surface area contributed by atoms with Gasteiger partial charge in [0.1, 0.15) is 18.2 Å². The summed E-state index contributed by atoms with van der Waals surface area (Å²) in [6, 6.07) is 25.2. The normalized spacial score (nSPS) is 11.1. The van der Waals surface area contributed by atoms with Gasteiger partial charge in [-0.3, -0.25) is 0 Å². The summed E-state index contributed by atoms with van der Waals surface area (Å²) in [6.07, 6.45) is 1.91. The Kier molecular flexibility index (Phi) is 5.43. The number of aryl methyl sites for hydroxylation is 4. The van der Waals surface area contributed by atoms with E-state index < -0.39 is 0 Å². The fourth-order valence-electron chi connectivity index (χ4n) is 3.53. The quantitative estimate of drug-likeness (QED) is 0.428. The van der Waals surface area contributed by atoms with E-state index in [9.17, 15) is 0 Å². The van der Waals surface area contributed by atoms with Crippen LogP contribution in [0.1, 0.15) is 22.5 Å². The summed E-state index contributed by atoms with van der Waals surface area (Å²) >= 11 is 0. The second kappa shape index (κ2) is 8.30. The first-order chi connectivity index (χ1) is 13.7. The van der Waals surface area contributed by atoms with Crippen LogP contribution < -0.4 is 4.74 Å². The first kappa shape index (κ1) is 18.3. The van der Waals surface area contributed by atoms with Gasteiger partial charge in [-0.1, -0.05) is 48.5 Å². The highest BCUT2D eigenvalue weighted by Crippen LogP contribution is 2.19.